The molecular formula is C19H20N4O4S. The van der Waals surface area contributed by atoms with Gasteiger partial charge in [-0.3, -0.25) is 20.1 Å². The van der Waals surface area contributed by atoms with Crippen LogP contribution in [-0.4, -0.2) is 44.0 Å². The molecule has 1 aromatic heterocycles. The summed E-state index contributed by atoms with van der Waals surface area (Å²) in [5.74, 6) is 0.544. The third kappa shape index (κ3) is 2.95. The van der Waals surface area contributed by atoms with Crippen LogP contribution in [0.4, 0.5) is 5.69 Å². The lowest BCUT2D eigenvalue weighted by molar-refractivity contribution is -0.386. The number of rotatable bonds is 5. The number of aromatic hydroxyl groups is 1. The number of hydrogen-bond acceptors (Lipinski definition) is 8. The van der Waals surface area contributed by atoms with E-state index in [-0.39, 0.29) is 29.6 Å². The first-order valence-corrected chi connectivity index (χ1v) is 9.98. The van der Waals surface area contributed by atoms with Gasteiger partial charge in [-0.05, 0) is 30.2 Å². The van der Waals surface area contributed by atoms with Gasteiger partial charge in [0.25, 0.3) is 0 Å². The molecule has 0 saturated carbocycles. The fraction of sp³-hybridized carbons (Fsp3) is 0.368. The van der Waals surface area contributed by atoms with Gasteiger partial charge in [-0.25, -0.2) is 0 Å². The Bertz CT molecular complexity index is 937. The number of aliphatic imine (C=N–C) groups is 1. The molecular weight excluding hydrogens is 380 g/mol. The molecule has 3 unspecified atom stereocenters. The van der Waals surface area contributed by atoms with Crippen molar-refractivity contribution in [3.05, 3.63) is 57.9 Å². The summed E-state index contributed by atoms with van der Waals surface area (Å²) in [7, 11) is 1.38. The Hall–Kier alpha value is -2.81. The van der Waals surface area contributed by atoms with E-state index in [9.17, 15) is 15.2 Å². The summed E-state index contributed by atoms with van der Waals surface area (Å²) in [6.45, 7) is 2.12. The van der Waals surface area contributed by atoms with Crippen molar-refractivity contribution in [2.45, 2.75) is 31.5 Å². The first-order chi connectivity index (χ1) is 13.5. The molecule has 1 N–H and O–H groups in total. The Labute approximate surface area is 166 Å². The number of phenolic OH excluding ortho intramolecular Hbond substituents is 1. The average molecular weight is 400 g/mol. The second-order valence-corrected chi connectivity index (χ2v) is 7.67. The van der Waals surface area contributed by atoms with Gasteiger partial charge < -0.3 is 14.7 Å². The molecule has 2 aliphatic heterocycles. The molecule has 8 nitrogen and oxygen atoms in total. The number of benzene rings is 1. The average Bonchev–Trinajstić information content (AvgIpc) is 3.27. The van der Waals surface area contributed by atoms with E-state index in [1.54, 1.807) is 24.0 Å². The molecule has 146 valence electrons. The lowest BCUT2D eigenvalue weighted by Crippen LogP contribution is -2.35. The fourth-order valence-electron chi connectivity index (χ4n) is 3.79. The van der Waals surface area contributed by atoms with E-state index in [2.05, 4.69) is 16.8 Å². The van der Waals surface area contributed by atoms with Gasteiger partial charge in [0.05, 0.1) is 23.8 Å². The van der Waals surface area contributed by atoms with Crippen LogP contribution in [-0.2, 0) is 0 Å². The molecule has 0 aliphatic carbocycles. The maximum absolute atomic E-state index is 11.5. The van der Waals surface area contributed by atoms with Crippen LogP contribution >= 0.6 is 11.8 Å². The Morgan fingerprint density at radius 3 is 2.89 bits per heavy atom. The number of phenols is 1. The second kappa shape index (κ2) is 7.31. The highest BCUT2D eigenvalue weighted by molar-refractivity contribution is 8.14. The van der Waals surface area contributed by atoms with E-state index >= 15 is 0 Å². The largest absolute Gasteiger partial charge is 0.500 e. The van der Waals surface area contributed by atoms with Gasteiger partial charge in [0.2, 0.25) is 5.75 Å². The fourth-order valence-corrected chi connectivity index (χ4v) is 5.13. The van der Waals surface area contributed by atoms with Crippen molar-refractivity contribution in [3.8, 4) is 11.5 Å². The number of fused-ring (bicyclic) bond motifs is 1. The van der Waals surface area contributed by atoms with Gasteiger partial charge >= 0.3 is 5.69 Å². The zero-order valence-electron chi connectivity index (χ0n) is 15.5. The molecule has 0 amide bonds. The van der Waals surface area contributed by atoms with Crippen LogP contribution in [0.15, 0.2) is 41.5 Å². The van der Waals surface area contributed by atoms with Crippen molar-refractivity contribution in [1.82, 2.24) is 9.88 Å². The molecule has 3 heterocycles. The number of amidine groups is 1. The molecule has 0 spiro atoms. The molecule has 0 radical (unpaired) electrons. The van der Waals surface area contributed by atoms with Crippen LogP contribution in [0.25, 0.3) is 0 Å². The highest BCUT2D eigenvalue weighted by Gasteiger charge is 2.46. The minimum Gasteiger partial charge on any atom is -0.500 e. The first kappa shape index (κ1) is 18.5. The number of methoxy groups -OCH3 is 1. The maximum Gasteiger partial charge on any atom is 0.315 e. The Morgan fingerprint density at radius 2 is 2.25 bits per heavy atom. The monoisotopic (exact) mass is 400 g/mol. The zero-order valence-corrected chi connectivity index (χ0v) is 16.3. The van der Waals surface area contributed by atoms with Crippen molar-refractivity contribution in [1.29, 1.82) is 0 Å². The summed E-state index contributed by atoms with van der Waals surface area (Å²) in [6.07, 6.45) is 2.66. The second-order valence-electron chi connectivity index (χ2n) is 6.68. The Balaban J connectivity index is 1.87. The lowest BCUT2D eigenvalue weighted by atomic mass is 9.94. The third-order valence-electron chi connectivity index (χ3n) is 5.16. The number of pyridine rings is 1. The number of nitro benzene ring substituents is 1. The Morgan fingerprint density at radius 1 is 1.43 bits per heavy atom. The predicted molar refractivity (Wildman–Crippen MR) is 107 cm³/mol. The van der Waals surface area contributed by atoms with Crippen LogP contribution in [0.5, 0.6) is 11.5 Å². The van der Waals surface area contributed by atoms with Crippen molar-refractivity contribution >= 4 is 22.6 Å². The van der Waals surface area contributed by atoms with Crippen molar-refractivity contribution in [2.75, 3.05) is 12.9 Å². The number of nitrogens with zero attached hydrogens (tertiary/aromatic N) is 4. The zero-order chi connectivity index (χ0) is 19.8. The number of hydrogen-bond donors (Lipinski definition) is 1. The number of thioether (sulfide) groups is 1. The number of aromatic nitrogens is 1. The molecule has 1 aromatic carbocycles. The van der Waals surface area contributed by atoms with E-state index in [0.29, 0.717) is 5.56 Å². The number of nitro groups is 1. The van der Waals surface area contributed by atoms with Gasteiger partial charge in [0.1, 0.15) is 6.04 Å². The minimum absolute atomic E-state index is 0.0809. The molecule has 0 bridgehead atoms. The first-order valence-electron chi connectivity index (χ1n) is 9.00. The van der Waals surface area contributed by atoms with Gasteiger partial charge in [-0.1, -0.05) is 24.8 Å². The molecule has 3 atom stereocenters. The van der Waals surface area contributed by atoms with E-state index < -0.39 is 10.7 Å². The van der Waals surface area contributed by atoms with Gasteiger partial charge in [0.15, 0.2) is 10.9 Å². The SMILES string of the molecule is CCC1CSC2=NC(c3ccccn3)C(c3cc(OC)c(O)c([N+](=O)[O-])c3)N21. The quantitative estimate of drug-likeness (QED) is 0.603. The van der Waals surface area contributed by atoms with E-state index in [0.717, 1.165) is 23.0 Å². The standard InChI is InChI=1S/C19H20N4O4S/c1-3-12-10-28-19-21-16(13-6-4-5-7-20-13)17(22(12)19)11-8-14(23(25)26)18(24)15(9-11)27-2/h4-9,12,16-17,24H,3,10H2,1-2H3. The van der Waals surface area contributed by atoms with E-state index in [1.165, 1.54) is 13.2 Å². The smallest absolute Gasteiger partial charge is 0.315 e. The summed E-state index contributed by atoms with van der Waals surface area (Å²) in [5, 5.41) is 22.6. The third-order valence-corrected chi connectivity index (χ3v) is 6.29. The van der Waals surface area contributed by atoms with Gasteiger partial charge in [-0.2, -0.15) is 0 Å². The molecule has 1 fully saturated rings. The van der Waals surface area contributed by atoms with E-state index in [1.807, 2.05) is 18.2 Å². The van der Waals surface area contributed by atoms with E-state index in [4.69, 9.17) is 9.73 Å². The van der Waals surface area contributed by atoms with Gasteiger partial charge in [-0.15, -0.1) is 0 Å². The highest BCUT2D eigenvalue weighted by atomic mass is 32.2. The van der Waals surface area contributed by atoms with Crippen molar-refractivity contribution in [3.63, 3.8) is 0 Å². The molecule has 2 aliphatic rings. The van der Waals surface area contributed by atoms with Crippen molar-refractivity contribution in [2.24, 2.45) is 4.99 Å². The molecule has 2 aromatic rings. The molecule has 28 heavy (non-hydrogen) atoms. The summed E-state index contributed by atoms with van der Waals surface area (Å²) in [6, 6.07) is 8.50. The highest BCUT2D eigenvalue weighted by Crippen LogP contribution is 2.50. The Kier molecular flexibility index (Phi) is 4.84. The summed E-state index contributed by atoms with van der Waals surface area (Å²) in [5.41, 5.74) is 1.11. The minimum atomic E-state index is -0.593. The lowest BCUT2D eigenvalue weighted by Gasteiger charge is -2.32. The van der Waals surface area contributed by atoms with Crippen molar-refractivity contribution < 1.29 is 14.8 Å². The summed E-state index contributed by atoms with van der Waals surface area (Å²) in [4.78, 5) is 22.5. The van der Waals surface area contributed by atoms with Gasteiger partial charge in [0, 0.05) is 24.1 Å². The molecule has 9 heteroatoms. The number of ether oxygens (including phenoxy) is 1. The van der Waals surface area contributed by atoms with Crippen LogP contribution in [0.3, 0.4) is 0 Å². The normalized spacial score (nSPS) is 23.4. The molecule has 4 rings (SSSR count). The predicted octanol–water partition coefficient (Wildman–Crippen LogP) is 3.68. The van der Waals surface area contributed by atoms with Crippen LogP contribution in [0, 0.1) is 10.1 Å². The summed E-state index contributed by atoms with van der Waals surface area (Å²) >= 11 is 1.70. The summed E-state index contributed by atoms with van der Waals surface area (Å²) < 4.78 is 5.21. The topological polar surface area (TPSA) is 101 Å². The van der Waals surface area contributed by atoms with Crippen LogP contribution < -0.4 is 4.74 Å². The van der Waals surface area contributed by atoms with Crippen LogP contribution in [0.2, 0.25) is 0 Å². The van der Waals surface area contributed by atoms with Crippen LogP contribution in [0.1, 0.15) is 36.7 Å². The maximum atomic E-state index is 11.5. The molecule has 1 saturated heterocycles.